The number of nitrogens with one attached hydrogen (secondary N) is 3. The Morgan fingerprint density at radius 2 is 1.79 bits per heavy atom. The van der Waals surface area contributed by atoms with Crippen molar-refractivity contribution in [2.45, 2.75) is 57.6 Å². The van der Waals surface area contributed by atoms with E-state index in [0.717, 1.165) is 5.56 Å². The summed E-state index contributed by atoms with van der Waals surface area (Å²) in [7, 11) is 0. The van der Waals surface area contributed by atoms with Crippen LogP contribution in [-0.4, -0.2) is 51.8 Å². The molecule has 3 N–H and O–H groups in total. The highest BCUT2D eigenvalue weighted by Crippen LogP contribution is 2.29. The van der Waals surface area contributed by atoms with E-state index in [1.807, 2.05) is 44.2 Å². The molecule has 2 rings (SSSR count). The van der Waals surface area contributed by atoms with E-state index in [1.165, 1.54) is 23.1 Å². The number of hydrogen-bond acceptors (Lipinski definition) is 8. The molecule has 0 aliphatic carbocycles. The minimum absolute atomic E-state index is 0.185. The lowest BCUT2D eigenvalue weighted by atomic mass is 10.0. The van der Waals surface area contributed by atoms with Crippen LogP contribution in [0.2, 0.25) is 0 Å². The van der Waals surface area contributed by atoms with Crippen LogP contribution in [0.1, 0.15) is 40.2 Å². The van der Waals surface area contributed by atoms with Crippen molar-refractivity contribution in [1.82, 2.24) is 15.6 Å². The van der Waals surface area contributed by atoms with Gasteiger partial charge in [-0.1, -0.05) is 30.3 Å². The lowest BCUT2D eigenvalue weighted by Gasteiger charge is -2.33. The highest BCUT2D eigenvalue weighted by atomic mass is 32.2. The van der Waals surface area contributed by atoms with Crippen molar-refractivity contribution in [3.63, 3.8) is 0 Å². The molecule has 1 heterocycles. The summed E-state index contributed by atoms with van der Waals surface area (Å²) < 4.78 is 9.82. The molecule has 3 amide bonds. The Morgan fingerprint density at radius 1 is 1.09 bits per heavy atom. The van der Waals surface area contributed by atoms with Gasteiger partial charge >= 0.3 is 12.2 Å². The predicted octanol–water partition coefficient (Wildman–Crippen LogP) is 4.41. The summed E-state index contributed by atoms with van der Waals surface area (Å²) in [6.45, 7) is 9.45. The van der Waals surface area contributed by atoms with Crippen LogP contribution < -0.4 is 16.0 Å². The summed E-state index contributed by atoms with van der Waals surface area (Å²) in [4.78, 5) is 41.4. The number of anilines is 1. The fourth-order valence-corrected chi connectivity index (χ4v) is 4.36. The van der Waals surface area contributed by atoms with Crippen LogP contribution in [0, 0.1) is 0 Å². The molecule has 1 aromatic heterocycles. The van der Waals surface area contributed by atoms with Crippen LogP contribution >= 0.6 is 23.1 Å². The first-order valence-electron chi connectivity index (χ1n) is 10.7. The van der Waals surface area contributed by atoms with Gasteiger partial charge in [0.25, 0.3) is 0 Å². The number of amides is 3. The molecule has 186 valence electrons. The molecule has 0 spiro atoms. The minimum Gasteiger partial charge on any atom is -0.445 e. The Balaban J connectivity index is 1.90. The summed E-state index contributed by atoms with van der Waals surface area (Å²) in [5.74, 6) is 0.0818. The topological polar surface area (TPSA) is 119 Å². The molecule has 0 radical (unpaired) electrons. The molecule has 11 heteroatoms. The number of ether oxygens (including phenoxy) is 2. The van der Waals surface area contributed by atoms with Crippen LogP contribution in [0.5, 0.6) is 0 Å². The average molecular weight is 509 g/mol. The summed E-state index contributed by atoms with van der Waals surface area (Å²) in [6, 6.07) is 8.48. The lowest BCUT2D eigenvalue weighted by molar-refractivity contribution is -0.118. The van der Waals surface area contributed by atoms with Crippen molar-refractivity contribution in [3.05, 3.63) is 47.5 Å². The number of hydrogen-bond donors (Lipinski definition) is 3. The van der Waals surface area contributed by atoms with Gasteiger partial charge in [-0.25, -0.2) is 14.6 Å². The maximum atomic E-state index is 13.0. The molecule has 0 aliphatic heterocycles. The first-order valence-corrected chi connectivity index (χ1v) is 12.6. The van der Waals surface area contributed by atoms with Crippen molar-refractivity contribution in [1.29, 1.82) is 0 Å². The van der Waals surface area contributed by atoms with Gasteiger partial charge in [-0.15, -0.1) is 11.3 Å². The summed E-state index contributed by atoms with van der Waals surface area (Å²) in [6.07, 6.45) is 0.370. The zero-order valence-electron chi connectivity index (χ0n) is 20.0. The summed E-state index contributed by atoms with van der Waals surface area (Å²) in [5, 5.41) is 10.3. The van der Waals surface area contributed by atoms with E-state index in [2.05, 4.69) is 20.9 Å². The Kier molecular flexibility index (Phi) is 10.2. The van der Waals surface area contributed by atoms with Crippen molar-refractivity contribution in [2.75, 3.05) is 17.6 Å². The normalized spacial score (nSPS) is 12.4. The number of rotatable bonds is 10. The zero-order valence-corrected chi connectivity index (χ0v) is 21.7. The van der Waals surface area contributed by atoms with E-state index in [-0.39, 0.29) is 6.61 Å². The maximum Gasteiger partial charge on any atom is 0.408 e. The fraction of sp³-hybridized carbons (Fsp3) is 0.478. The maximum absolute atomic E-state index is 13.0. The molecular weight excluding hydrogens is 476 g/mol. The number of benzene rings is 1. The van der Waals surface area contributed by atoms with E-state index in [4.69, 9.17) is 9.47 Å². The van der Waals surface area contributed by atoms with Gasteiger partial charge in [-0.3, -0.25) is 4.79 Å². The van der Waals surface area contributed by atoms with Gasteiger partial charge in [0.1, 0.15) is 18.2 Å². The van der Waals surface area contributed by atoms with Gasteiger partial charge in [-0.2, -0.15) is 11.8 Å². The molecule has 0 unspecified atom stereocenters. The van der Waals surface area contributed by atoms with E-state index in [0.29, 0.717) is 17.4 Å². The lowest BCUT2D eigenvalue weighted by Crippen LogP contribution is -2.55. The van der Waals surface area contributed by atoms with Gasteiger partial charge in [0, 0.05) is 28.6 Å². The largest absolute Gasteiger partial charge is 0.445 e. The van der Waals surface area contributed by atoms with E-state index in [1.54, 1.807) is 32.3 Å². The third-order valence-corrected chi connectivity index (χ3v) is 6.42. The van der Waals surface area contributed by atoms with Crippen molar-refractivity contribution in [3.8, 4) is 0 Å². The van der Waals surface area contributed by atoms with E-state index < -0.39 is 34.5 Å². The van der Waals surface area contributed by atoms with Gasteiger partial charge in [-0.05, 0) is 40.2 Å². The Labute approximate surface area is 208 Å². The zero-order chi connectivity index (χ0) is 25.2. The molecule has 34 heavy (non-hydrogen) atoms. The van der Waals surface area contributed by atoms with Gasteiger partial charge in [0.15, 0.2) is 5.13 Å². The van der Waals surface area contributed by atoms with Gasteiger partial charge in [0.2, 0.25) is 5.91 Å². The Bertz CT molecular complexity index is 931. The number of alkyl carbamates (subject to hydrolysis) is 2. The van der Waals surface area contributed by atoms with Crippen molar-refractivity contribution in [2.24, 2.45) is 0 Å². The smallest absolute Gasteiger partial charge is 0.408 e. The monoisotopic (exact) mass is 508 g/mol. The summed E-state index contributed by atoms with van der Waals surface area (Å²) >= 11 is 2.71. The third-order valence-electron chi connectivity index (χ3n) is 4.34. The molecule has 0 bridgehead atoms. The first kappa shape index (κ1) is 27.5. The van der Waals surface area contributed by atoms with Crippen LogP contribution in [0.15, 0.2) is 41.9 Å². The molecule has 0 fully saturated rings. The molecule has 2 aromatic rings. The van der Waals surface area contributed by atoms with Crippen molar-refractivity contribution >= 4 is 46.3 Å². The molecule has 0 saturated carbocycles. The summed E-state index contributed by atoms with van der Waals surface area (Å²) in [5.41, 5.74) is 0.192. The van der Waals surface area contributed by atoms with E-state index >= 15 is 0 Å². The van der Waals surface area contributed by atoms with E-state index in [9.17, 15) is 14.4 Å². The SMILES string of the molecule is CC(C)(C)OC(=O)N[C@H](C(=O)Nc1nccs1)C(C)(C)SCCNC(=O)OCc1ccccc1. The van der Waals surface area contributed by atoms with Crippen molar-refractivity contribution < 1.29 is 23.9 Å². The second-order valence-electron chi connectivity index (χ2n) is 8.85. The molecule has 9 nitrogen and oxygen atoms in total. The molecule has 0 saturated heterocycles. The minimum atomic E-state index is -0.915. The van der Waals surface area contributed by atoms with Crippen LogP contribution in [-0.2, 0) is 20.9 Å². The first-order chi connectivity index (χ1) is 16.0. The Hall–Kier alpha value is -2.79. The number of nitrogens with zero attached hydrogens (tertiary/aromatic N) is 1. The van der Waals surface area contributed by atoms with Gasteiger partial charge < -0.3 is 25.4 Å². The number of aromatic nitrogens is 1. The van der Waals surface area contributed by atoms with Crippen LogP contribution in [0.4, 0.5) is 14.7 Å². The quantitative estimate of drug-likeness (QED) is 0.407. The highest BCUT2D eigenvalue weighted by Gasteiger charge is 2.38. The third kappa shape index (κ3) is 10.0. The standard InChI is InChI=1S/C23H32N4O5S2/c1-22(2,3)32-21(30)26-17(18(28)27-19-24-11-13-33-19)23(4,5)34-14-12-25-20(29)31-15-16-9-7-6-8-10-16/h6-11,13,17H,12,14-15H2,1-5H3,(H,25,29)(H,26,30)(H,24,27,28)/t17-/m1/s1. The molecular formula is C23H32N4O5S2. The molecule has 1 atom stereocenters. The average Bonchev–Trinajstić information content (AvgIpc) is 3.26. The second kappa shape index (κ2) is 12.6. The number of thioether (sulfide) groups is 1. The predicted molar refractivity (Wildman–Crippen MR) is 135 cm³/mol. The van der Waals surface area contributed by atoms with Gasteiger partial charge in [0.05, 0.1) is 0 Å². The highest BCUT2D eigenvalue weighted by molar-refractivity contribution is 8.00. The number of carbonyl (C=O) groups excluding carboxylic acids is 3. The van der Waals surface area contributed by atoms with Crippen LogP contribution in [0.3, 0.4) is 0 Å². The Morgan fingerprint density at radius 3 is 2.41 bits per heavy atom. The molecule has 1 aromatic carbocycles. The fourth-order valence-electron chi connectivity index (χ4n) is 2.77. The molecule has 0 aliphatic rings. The number of carbonyl (C=O) groups is 3. The van der Waals surface area contributed by atoms with Crippen LogP contribution in [0.25, 0.3) is 0 Å². The second-order valence-corrected chi connectivity index (χ2v) is 11.5. The number of thiazole rings is 1.